The first-order valence-electron chi connectivity index (χ1n) is 9.22. The van der Waals surface area contributed by atoms with E-state index >= 15 is 0 Å². The van der Waals surface area contributed by atoms with Crippen LogP contribution in [0.15, 0.2) is 84.9 Å². The molecule has 0 aromatic heterocycles. The van der Waals surface area contributed by atoms with E-state index in [4.69, 9.17) is 4.84 Å². The summed E-state index contributed by atoms with van der Waals surface area (Å²) < 4.78 is 0. The Labute approximate surface area is 169 Å². The van der Waals surface area contributed by atoms with Crippen LogP contribution in [0.1, 0.15) is 23.2 Å². The molecule has 0 aliphatic carbocycles. The Hall–Kier alpha value is -3.30. The Morgan fingerprint density at radius 1 is 0.724 bits per heavy atom. The number of hydrogen-bond donors (Lipinski definition) is 0. The van der Waals surface area contributed by atoms with Crippen LogP contribution in [0, 0.1) is 0 Å². The second-order valence-electron chi connectivity index (χ2n) is 6.52. The molecule has 0 N–H and O–H groups in total. The summed E-state index contributed by atoms with van der Waals surface area (Å²) in [5.74, 6) is -1.70. The molecule has 1 fully saturated rings. The number of benzene rings is 3. The van der Waals surface area contributed by atoms with Gasteiger partial charge in [0.05, 0.1) is 5.56 Å². The minimum absolute atomic E-state index is 0.0689. The van der Waals surface area contributed by atoms with Crippen molar-refractivity contribution in [3.63, 3.8) is 0 Å². The van der Waals surface area contributed by atoms with Crippen molar-refractivity contribution < 1.29 is 19.2 Å². The lowest BCUT2D eigenvalue weighted by Crippen LogP contribution is -2.32. The van der Waals surface area contributed by atoms with Gasteiger partial charge in [0.25, 0.3) is 11.8 Å². The SMILES string of the molecule is O=C(ON1C(=O)CCC1=O)c1cccc(P(c2ccccc2)c2ccccc2)c1. The topological polar surface area (TPSA) is 63.7 Å². The van der Waals surface area contributed by atoms with Crippen LogP contribution in [-0.2, 0) is 14.4 Å². The summed E-state index contributed by atoms with van der Waals surface area (Å²) >= 11 is 0. The number of nitrogens with zero attached hydrogens (tertiary/aromatic N) is 1. The van der Waals surface area contributed by atoms with E-state index in [9.17, 15) is 14.4 Å². The van der Waals surface area contributed by atoms with Crippen LogP contribution in [-0.4, -0.2) is 22.8 Å². The minimum Gasteiger partial charge on any atom is -0.325 e. The predicted molar refractivity (Wildman–Crippen MR) is 112 cm³/mol. The van der Waals surface area contributed by atoms with Gasteiger partial charge in [0.1, 0.15) is 0 Å². The van der Waals surface area contributed by atoms with Crippen LogP contribution in [0.5, 0.6) is 0 Å². The number of carbonyl (C=O) groups excluding carboxylic acids is 3. The van der Waals surface area contributed by atoms with Gasteiger partial charge in [0.15, 0.2) is 0 Å². The Balaban J connectivity index is 1.67. The van der Waals surface area contributed by atoms with Gasteiger partial charge in [-0.3, -0.25) is 9.59 Å². The molecular weight excluding hydrogens is 385 g/mol. The van der Waals surface area contributed by atoms with Gasteiger partial charge in [-0.05, 0) is 36.0 Å². The summed E-state index contributed by atoms with van der Waals surface area (Å²) in [4.78, 5) is 41.1. The van der Waals surface area contributed by atoms with Crippen LogP contribution in [0.3, 0.4) is 0 Å². The molecule has 5 nitrogen and oxygen atoms in total. The van der Waals surface area contributed by atoms with Gasteiger partial charge in [-0.15, -0.1) is 5.06 Å². The van der Waals surface area contributed by atoms with Crippen molar-refractivity contribution in [2.75, 3.05) is 0 Å². The Morgan fingerprint density at radius 3 is 1.79 bits per heavy atom. The van der Waals surface area contributed by atoms with Crippen LogP contribution in [0.2, 0.25) is 0 Å². The molecule has 1 saturated heterocycles. The van der Waals surface area contributed by atoms with Crippen molar-refractivity contribution in [2.24, 2.45) is 0 Å². The van der Waals surface area contributed by atoms with Gasteiger partial charge in [-0.25, -0.2) is 4.79 Å². The Bertz CT molecular complexity index is 997. The fourth-order valence-electron chi connectivity index (χ4n) is 3.17. The molecule has 2 amide bonds. The van der Waals surface area contributed by atoms with E-state index in [2.05, 4.69) is 24.3 Å². The van der Waals surface area contributed by atoms with Crippen LogP contribution < -0.4 is 15.9 Å². The van der Waals surface area contributed by atoms with E-state index < -0.39 is 25.7 Å². The molecule has 6 heteroatoms. The summed E-state index contributed by atoms with van der Waals surface area (Å²) in [6, 6.07) is 27.4. The van der Waals surface area contributed by atoms with Crippen molar-refractivity contribution in [1.29, 1.82) is 0 Å². The highest BCUT2D eigenvalue weighted by Crippen LogP contribution is 2.32. The molecule has 0 atom stereocenters. The highest BCUT2D eigenvalue weighted by atomic mass is 31.1. The monoisotopic (exact) mass is 403 g/mol. The number of carbonyl (C=O) groups is 3. The van der Waals surface area contributed by atoms with Crippen molar-refractivity contribution in [2.45, 2.75) is 12.8 Å². The third kappa shape index (κ3) is 4.10. The maximum atomic E-state index is 12.6. The van der Waals surface area contributed by atoms with E-state index in [0.717, 1.165) is 15.9 Å². The summed E-state index contributed by atoms with van der Waals surface area (Å²) in [6.45, 7) is 0. The number of amides is 2. The second kappa shape index (κ2) is 8.38. The van der Waals surface area contributed by atoms with Crippen molar-refractivity contribution >= 4 is 41.6 Å². The molecule has 0 spiro atoms. The highest BCUT2D eigenvalue weighted by Gasteiger charge is 2.33. The highest BCUT2D eigenvalue weighted by molar-refractivity contribution is 7.79. The number of hydrogen-bond acceptors (Lipinski definition) is 4. The van der Waals surface area contributed by atoms with E-state index in [1.54, 1.807) is 18.2 Å². The van der Waals surface area contributed by atoms with Gasteiger partial charge in [-0.2, -0.15) is 0 Å². The lowest BCUT2D eigenvalue weighted by Gasteiger charge is -2.20. The summed E-state index contributed by atoms with van der Waals surface area (Å²) in [7, 11) is -0.875. The Morgan fingerprint density at radius 2 is 1.24 bits per heavy atom. The van der Waals surface area contributed by atoms with Crippen LogP contribution in [0.4, 0.5) is 0 Å². The first-order chi connectivity index (χ1) is 14.1. The first-order valence-corrected chi connectivity index (χ1v) is 10.6. The van der Waals surface area contributed by atoms with E-state index in [1.165, 1.54) is 0 Å². The van der Waals surface area contributed by atoms with Crippen molar-refractivity contribution in [3.8, 4) is 0 Å². The molecule has 1 aliphatic heterocycles. The third-order valence-electron chi connectivity index (χ3n) is 4.55. The quantitative estimate of drug-likeness (QED) is 0.485. The molecule has 4 rings (SSSR count). The third-order valence-corrected chi connectivity index (χ3v) is 6.97. The molecule has 144 valence electrons. The standard InChI is InChI=1S/C23H18NO4P/c25-21-14-15-22(26)24(21)28-23(27)17-8-7-13-20(16-17)29(18-9-3-1-4-10-18)19-11-5-2-6-12-19/h1-13,16H,14-15H2. The van der Waals surface area contributed by atoms with Crippen LogP contribution in [0.25, 0.3) is 0 Å². The molecule has 3 aromatic rings. The summed E-state index contributed by atoms with van der Waals surface area (Å²) in [5.41, 5.74) is 0.300. The zero-order valence-electron chi connectivity index (χ0n) is 15.5. The maximum Gasteiger partial charge on any atom is 0.363 e. The van der Waals surface area contributed by atoms with Gasteiger partial charge in [-0.1, -0.05) is 72.8 Å². The van der Waals surface area contributed by atoms with Crippen molar-refractivity contribution in [3.05, 3.63) is 90.5 Å². The molecular formula is C23H18NO4P. The molecule has 0 bridgehead atoms. The zero-order chi connectivity index (χ0) is 20.2. The summed E-state index contributed by atoms with van der Waals surface area (Å²) in [6.07, 6.45) is 0.138. The molecule has 0 saturated carbocycles. The van der Waals surface area contributed by atoms with Crippen molar-refractivity contribution in [1.82, 2.24) is 5.06 Å². The first kappa shape index (κ1) is 19.0. The molecule has 1 heterocycles. The number of imide groups is 1. The fraction of sp³-hybridized carbons (Fsp3) is 0.0870. The summed E-state index contributed by atoms with van der Waals surface area (Å²) in [5, 5.41) is 3.87. The minimum atomic E-state index is -0.875. The lowest BCUT2D eigenvalue weighted by molar-refractivity contribution is -0.172. The zero-order valence-corrected chi connectivity index (χ0v) is 16.4. The average Bonchev–Trinajstić information content (AvgIpc) is 3.08. The van der Waals surface area contributed by atoms with Gasteiger partial charge in [0, 0.05) is 12.8 Å². The van der Waals surface area contributed by atoms with Gasteiger partial charge >= 0.3 is 5.97 Å². The second-order valence-corrected chi connectivity index (χ2v) is 8.74. The fourth-order valence-corrected chi connectivity index (χ4v) is 5.51. The number of hydroxylamine groups is 2. The molecule has 3 aromatic carbocycles. The van der Waals surface area contributed by atoms with Crippen LogP contribution >= 0.6 is 7.92 Å². The van der Waals surface area contributed by atoms with E-state index in [0.29, 0.717) is 10.6 Å². The molecule has 1 aliphatic rings. The van der Waals surface area contributed by atoms with E-state index in [1.807, 2.05) is 42.5 Å². The number of rotatable bonds is 5. The predicted octanol–water partition coefficient (Wildman–Crippen LogP) is 2.67. The average molecular weight is 403 g/mol. The molecule has 0 radical (unpaired) electrons. The smallest absolute Gasteiger partial charge is 0.325 e. The Kier molecular flexibility index (Phi) is 5.50. The van der Waals surface area contributed by atoms with E-state index in [-0.39, 0.29) is 12.8 Å². The molecule has 29 heavy (non-hydrogen) atoms. The normalized spacial score (nSPS) is 13.8. The largest absolute Gasteiger partial charge is 0.363 e. The molecule has 0 unspecified atom stereocenters. The van der Waals surface area contributed by atoms with Gasteiger partial charge < -0.3 is 4.84 Å². The maximum absolute atomic E-state index is 12.6. The van der Waals surface area contributed by atoms with Gasteiger partial charge in [0.2, 0.25) is 0 Å². The lowest BCUT2D eigenvalue weighted by atomic mass is 10.2.